The highest BCUT2D eigenvalue weighted by Gasteiger charge is 2.45. The topological polar surface area (TPSA) is 114 Å². The number of imidazole rings is 1. The van der Waals surface area contributed by atoms with E-state index in [0.29, 0.717) is 29.9 Å². The van der Waals surface area contributed by atoms with Gasteiger partial charge < -0.3 is 14.2 Å². The second kappa shape index (κ2) is 5.64. The summed E-state index contributed by atoms with van der Waals surface area (Å²) in [6.07, 6.45) is 3.70. The zero-order valence-corrected chi connectivity index (χ0v) is 14.3. The number of hydrogen-bond acceptors (Lipinski definition) is 7. The smallest absolute Gasteiger partial charge is 0.260 e. The number of hydrogen-bond donors (Lipinski definition) is 1. The summed E-state index contributed by atoms with van der Waals surface area (Å²) in [5.74, 6) is 1.89. The molecule has 10 heteroatoms. The van der Waals surface area contributed by atoms with Crippen molar-refractivity contribution in [3.05, 3.63) is 23.7 Å². The summed E-state index contributed by atoms with van der Waals surface area (Å²) in [6.45, 7) is 1.95. The van der Waals surface area contributed by atoms with E-state index < -0.39 is 16.1 Å². The molecule has 4 rings (SSSR count). The van der Waals surface area contributed by atoms with Crippen molar-refractivity contribution in [3.63, 3.8) is 0 Å². The van der Waals surface area contributed by atoms with Crippen molar-refractivity contribution in [1.82, 2.24) is 24.4 Å². The number of aromatic nitrogens is 4. The lowest BCUT2D eigenvalue weighted by atomic mass is 10.2. The molecule has 1 aliphatic heterocycles. The summed E-state index contributed by atoms with van der Waals surface area (Å²) in [7, 11) is -2.17. The van der Waals surface area contributed by atoms with Gasteiger partial charge in [0.2, 0.25) is 5.89 Å². The summed E-state index contributed by atoms with van der Waals surface area (Å²) in [5, 5.41) is 4.06. The van der Waals surface area contributed by atoms with Crippen molar-refractivity contribution >= 4 is 10.0 Å². The van der Waals surface area contributed by atoms with E-state index in [2.05, 4.69) is 20.1 Å². The van der Waals surface area contributed by atoms with Crippen LogP contribution < -0.4 is 0 Å². The molecule has 3 heterocycles. The normalized spacial score (nSPS) is 25.4. The predicted octanol–water partition coefficient (Wildman–Crippen LogP) is 1.13. The van der Waals surface area contributed by atoms with E-state index in [0.717, 1.165) is 12.8 Å². The van der Waals surface area contributed by atoms with Gasteiger partial charge in [0, 0.05) is 26.0 Å². The fraction of sp³-hybridized carbons (Fsp3) is 0.643. The van der Waals surface area contributed by atoms with Gasteiger partial charge in [0.1, 0.15) is 11.9 Å². The van der Waals surface area contributed by atoms with Crippen LogP contribution in [0.2, 0.25) is 0 Å². The standard InChI is InChI=1S/C14H19N5O4S/c1-8-15-6-12(16-8)24(20,21)19-7-10(22-2)5-11(19)14-17-13(18-23-14)9-3-4-9/h6,9-11H,3-5,7H2,1-2H3,(H,15,16)/t10-,11+/m0/s1. The molecule has 9 nitrogen and oxygen atoms in total. The molecule has 1 aliphatic carbocycles. The van der Waals surface area contributed by atoms with Crippen LogP contribution in [0, 0.1) is 6.92 Å². The van der Waals surface area contributed by atoms with Gasteiger partial charge in [-0.15, -0.1) is 0 Å². The Kier molecular flexibility index (Phi) is 3.70. The predicted molar refractivity (Wildman–Crippen MR) is 81.6 cm³/mol. The van der Waals surface area contributed by atoms with Gasteiger partial charge in [-0.25, -0.2) is 13.4 Å². The molecule has 24 heavy (non-hydrogen) atoms. The SMILES string of the molecule is CO[C@H]1C[C@H](c2nc(C3CC3)no2)N(S(=O)(=O)c2cnc(C)[nH]2)C1. The molecule has 0 radical (unpaired) electrons. The summed E-state index contributed by atoms with van der Waals surface area (Å²) >= 11 is 0. The monoisotopic (exact) mass is 353 g/mol. The molecular weight excluding hydrogens is 334 g/mol. The van der Waals surface area contributed by atoms with Crippen LogP contribution in [0.25, 0.3) is 0 Å². The summed E-state index contributed by atoms with van der Waals surface area (Å²) < 4.78 is 38.0. The van der Waals surface area contributed by atoms with E-state index in [1.54, 1.807) is 14.0 Å². The van der Waals surface area contributed by atoms with Gasteiger partial charge in [-0.2, -0.15) is 9.29 Å². The molecule has 0 spiro atoms. The Morgan fingerprint density at radius 1 is 1.42 bits per heavy atom. The van der Waals surface area contributed by atoms with Crippen molar-refractivity contribution in [1.29, 1.82) is 0 Å². The van der Waals surface area contributed by atoms with Gasteiger partial charge in [-0.05, 0) is 19.8 Å². The number of aromatic amines is 1. The van der Waals surface area contributed by atoms with Gasteiger partial charge >= 0.3 is 0 Å². The first-order valence-electron chi connectivity index (χ1n) is 7.89. The van der Waals surface area contributed by atoms with Crippen molar-refractivity contribution in [2.45, 2.75) is 49.3 Å². The van der Waals surface area contributed by atoms with Crippen LogP contribution in [0.15, 0.2) is 15.7 Å². The molecule has 1 N–H and O–H groups in total. The van der Waals surface area contributed by atoms with Crippen LogP contribution in [0.1, 0.15) is 48.8 Å². The number of rotatable bonds is 5. The van der Waals surface area contributed by atoms with E-state index in [1.165, 1.54) is 10.5 Å². The third-order valence-electron chi connectivity index (χ3n) is 4.50. The Labute approximate surface area is 139 Å². The third-order valence-corrected chi connectivity index (χ3v) is 6.29. The van der Waals surface area contributed by atoms with Gasteiger partial charge in [0.15, 0.2) is 10.9 Å². The maximum absolute atomic E-state index is 13.0. The second-order valence-corrected chi connectivity index (χ2v) is 8.14. The second-order valence-electron chi connectivity index (χ2n) is 6.28. The van der Waals surface area contributed by atoms with Crippen LogP contribution in [0.3, 0.4) is 0 Å². The fourth-order valence-electron chi connectivity index (χ4n) is 2.98. The van der Waals surface area contributed by atoms with E-state index >= 15 is 0 Å². The number of nitrogens with zero attached hydrogens (tertiary/aromatic N) is 4. The first-order chi connectivity index (χ1) is 11.5. The highest BCUT2D eigenvalue weighted by molar-refractivity contribution is 7.89. The molecule has 2 fully saturated rings. The minimum Gasteiger partial charge on any atom is -0.380 e. The molecule has 2 atom stereocenters. The van der Waals surface area contributed by atoms with Crippen LogP contribution >= 0.6 is 0 Å². The lowest BCUT2D eigenvalue weighted by molar-refractivity contribution is 0.114. The molecule has 1 saturated heterocycles. The highest BCUT2D eigenvalue weighted by atomic mass is 32.2. The molecular formula is C14H19N5O4S. The van der Waals surface area contributed by atoms with E-state index in [4.69, 9.17) is 9.26 Å². The fourth-order valence-corrected chi connectivity index (χ4v) is 4.56. The van der Waals surface area contributed by atoms with Gasteiger partial charge in [0.05, 0.1) is 12.3 Å². The molecule has 0 unspecified atom stereocenters. The Bertz CT molecular complexity index is 841. The van der Waals surface area contributed by atoms with E-state index in [-0.39, 0.29) is 17.7 Å². The van der Waals surface area contributed by atoms with Crippen LogP contribution in [0.4, 0.5) is 0 Å². The van der Waals surface area contributed by atoms with Crippen LogP contribution in [-0.2, 0) is 14.8 Å². The number of nitrogens with one attached hydrogen (secondary N) is 1. The number of methoxy groups -OCH3 is 1. The Hall–Kier alpha value is -1.78. The van der Waals surface area contributed by atoms with E-state index in [9.17, 15) is 8.42 Å². The van der Waals surface area contributed by atoms with Gasteiger partial charge in [-0.1, -0.05) is 5.16 Å². The molecule has 0 bridgehead atoms. The number of H-pyrrole nitrogens is 1. The first-order valence-corrected chi connectivity index (χ1v) is 9.33. The zero-order chi connectivity index (χ0) is 16.9. The number of ether oxygens (including phenoxy) is 1. The number of aryl methyl sites for hydroxylation is 1. The zero-order valence-electron chi connectivity index (χ0n) is 13.5. The summed E-state index contributed by atoms with van der Waals surface area (Å²) in [5.41, 5.74) is 0. The molecule has 2 aliphatic rings. The first kappa shape index (κ1) is 15.7. The molecule has 1 saturated carbocycles. The maximum atomic E-state index is 13.0. The molecule has 2 aromatic rings. The van der Waals surface area contributed by atoms with Crippen molar-refractivity contribution in [2.24, 2.45) is 0 Å². The number of sulfonamides is 1. The summed E-state index contributed by atoms with van der Waals surface area (Å²) in [4.78, 5) is 11.2. The minimum atomic E-state index is -3.75. The van der Waals surface area contributed by atoms with Crippen LogP contribution in [-0.4, -0.2) is 52.6 Å². The summed E-state index contributed by atoms with van der Waals surface area (Å²) in [6, 6.07) is -0.524. The minimum absolute atomic E-state index is 0.0590. The maximum Gasteiger partial charge on any atom is 0.260 e. The van der Waals surface area contributed by atoms with Crippen molar-refractivity contribution in [2.75, 3.05) is 13.7 Å². The van der Waals surface area contributed by atoms with Crippen molar-refractivity contribution in [3.8, 4) is 0 Å². The molecule has 2 aromatic heterocycles. The Morgan fingerprint density at radius 2 is 2.21 bits per heavy atom. The lowest BCUT2D eigenvalue weighted by Gasteiger charge is -2.19. The Morgan fingerprint density at radius 3 is 2.83 bits per heavy atom. The molecule has 0 aromatic carbocycles. The third kappa shape index (κ3) is 2.64. The largest absolute Gasteiger partial charge is 0.380 e. The average molecular weight is 353 g/mol. The van der Waals surface area contributed by atoms with Crippen molar-refractivity contribution < 1.29 is 17.7 Å². The average Bonchev–Trinajstić information content (AvgIpc) is 2.99. The molecule has 0 amide bonds. The quantitative estimate of drug-likeness (QED) is 0.857. The lowest BCUT2D eigenvalue weighted by Crippen LogP contribution is -2.32. The Balaban J connectivity index is 1.68. The van der Waals surface area contributed by atoms with Crippen LogP contribution in [0.5, 0.6) is 0 Å². The van der Waals surface area contributed by atoms with E-state index in [1.807, 2.05) is 0 Å². The van der Waals surface area contributed by atoms with Gasteiger partial charge in [0.25, 0.3) is 10.0 Å². The highest BCUT2D eigenvalue weighted by Crippen LogP contribution is 2.41. The molecule has 130 valence electrons. The van der Waals surface area contributed by atoms with Gasteiger partial charge in [-0.3, -0.25) is 0 Å².